The number of fused-ring (bicyclic) bond motifs is 1. The van der Waals surface area contributed by atoms with Crippen molar-refractivity contribution < 1.29 is 14.3 Å². The van der Waals surface area contributed by atoms with Crippen LogP contribution < -0.4 is 15.4 Å². The summed E-state index contributed by atoms with van der Waals surface area (Å²) in [4.78, 5) is 14.8. The zero-order valence-electron chi connectivity index (χ0n) is 18.8. The topological polar surface area (TPSA) is 67.8 Å². The molecule has 0 spiro atoms. The van der Waals surface area contributed by atoms with Crippen molar-refractivity contribution in [3.63, 3.8) is 0 Å². The maximum atomic E-state index is 12.3. The summed E-state index contributed by atoms with van der Waals surface area (Å²) in [6.45, 7) is 10.0. The molecule has 4 rings (SSSR count). The lowest BCUT2D eigenvalue weighted by molar-refractivity contribution is 0.0365. The first kappa shape index (κ1) is 22.2. The van der Waals surface area contributed by atoms with Gasteiger partial charge in [0.25, 0.3) is 0 Å². The SMILES string of the molecule is CC(C)Oc1ccc(CNC(=O)Nc2ccc3c(ccn3CCN3CCOCC3)c2)cc1. The van der Waals surface area contributed by atoms with E-state index < -0.39 is 0 Å². The second kappa shape index (κ2) is 10.5. The molecule has 2 heterocycles. The van der Waals surface area contributed by atoms with Crippen LogP contribution in [0.2, 0.25) is 0 Å². The molecule has 3 aromatic rings. The highest BCUT2D eigenvalue weighted by molar-refractivity contribution is 5.92. The van der Waals surface area contributed by atoms with E-state index in [-0.39, 0.29) is 12.1 Å². The molecular weight excluding hydrogens is 404 g/mol. The average molecular weight is 437 g/mol. The minimum absolute atomic E-state index is 0.142. The monoisotopic (exact) mass is 436 g/mol. The Kier molecular flexibility index (Phi) is 7.29. The molecule has 0 bridgehead atoms. The smallest absolute Gasteiger partial charge is 0.319 e. The molecule has 1 aliphatic heterocycles. The number of amides is 2. The van der Waals surface area contributed by atoms with E-state index in [2.05, 4.69) is 38.4 Å². The van der Waals surface area contributed by atoms with Gasteiger partial charge in [0, 0.05) is 55.5 Å². The van der Waals surface area contributed by atoms with Gasteiger partial charge in [-0.1, -0.05) is 12.1 Å². The Hall–Kier alpha value is -3.03. The van der Waals surface area contributed by atoms with E-state index in [4.69, 9.17) is 9.47 Å². The summed E-state index contributed by atoms with van der Waals surface area (Å²) in [5.74, 6) is 0.832. The number of benzene rings is 2. The van der Waals surface area contributed by atoms with Crippen molar-refractivity contribution >= 4 is 22.6 Å². The lowest BCUT2D eigenvalue weighted by Crippen LogP contribution is -2.38. The summed E-state index contributed by atoms with van der Waals surface area (Å²) in [7, 11) is 0. The second-order valence-corrected chi connectivity index (χ2v) is 8.35. The fourth-order valence-corrected chi connectivity index (χ4v) is 3.86. The third kappa shape index (κ3) is 6.02. The van der Waals surface area contributed by atoms with Crippen molar-refractivity contribution in [3.8, 4) is 5.75 Å². The number of hydrogen-bond donors (Lipinski definition) is 2. The van der Waals surface area contributed by atoms with Crippen LogP contribution in [0.15, 0.2) is 54.7 Å². The molecular formula is C25H32N4O3. The zero-order valence-corrected chi connectivity index (χ0v) is 18.8. The molecule has 0 unspecified atom stereocenters. The molecule has 170 valence electrons. The van der Waals surface area contributed by atoms with Crippen LogP contribution in [-0.2, 0) is 17.8 Å². The van der Waals surface area contributed by atoms with Crippen LogP contribution in [0.1, 0.15) is 19.4 Å². The number of aromatic nitrogens is 1. The van der Waals surface area contributed by atoms with Crippen molar-refractivity contribution in [3.05, 3.63) is 60.3 Å². The van der Waals surface area contributed by atoms with Gasteiger partial charge in [0.1, 0.15) is 5.75 Å². The van der Waals surface area contributed by atoms with Crippen molar-refractivity contribution in [2.45, 2.75) is 33.0 Å². The Morgan fingerprint density at radius 3 is 2.59 bits per heavy atom. The third-order valence-corrected chi connectivity index (χ3v) is 5.54. The molecule has 7 heteroatoms. The summed E-state index contributed by atoms with van der Waals surface area (Å²) >= 11 is 0. The molecule has 7 nitrogen and oxygen atoms in total. The number of nitrogens with one attached hydrogen (secondary N) is 2. The maximum absolute atomic E-state index is 12.3. The highest BCUT2D eigenvalue weighted by Gasteiger charge is 2.11. The summed E-state index contributed by atoms with van der Waals surface area (Å²) in [5.41, 5.74) is 2.97. The Morgan fingerprint density at radius 1 is 1.06 bits per heavy atom. The van der Waals surface area contributed by atoms with E-state index in [1.54, 1.807) is 0 Å². The number of carbonyl (C=O) groups excluding carboxylic acids is 1. The predicted octanol–water partition coefficient (Wildman–Crippen LogP) is 4.08. The van der Waals surface area contributed by atoms with Gasteiger partial charge in [-0.2, -0.15) is 0 Å². The van der Waals surface area contributed by atoms with Gasteiger partial charge in [-0.15, -0.1) is 0 Å². The molecule has 0 atom stereocenters. The predicted molar refractivity (Wildman–Crippen MR) is 127 cm³/mol. The number of ether oxygens (including phenoxy) is 2. The molecule has 1 aliphatic rings. The van der Waals surface area contributed by atoms with Crippen LogP contribution in [0, 0.1) is 0 Å². The Morgan fingerprint density at radius 2 is 1.84 bits per heavy atom. The molecule has 0 saturated carbocycles. The van der Waals surface area contributed by atoms with Gasteiger partial charge >= 0.3 is 6.03 Å². The Balaban J connectivity index is 1.28. The quantitative estimate of drug-likeness (QED) is 0.558. The second-order valence-electron chi connectivity index (χ2n) is 8.35. The van der Waals surface area contributed by atoms with Gasteiger partial charge < -0.3 is 24.7 Å². The summed E-state index contributed by atoms with van der Waals surface area (Å²) < 4.78 is 13.3. The standard InChI is InChI=1S/C25H32N4O3/c1-19(2)32-23-6-3-20(4-7-23)18-26-25(30)27-22-5-8-24-21(17-22)9-10-29(24)12-11-28-13-15-31-16-14-28/h3-10,17,19H,11-16,18H2,1-2H3,(H2,26,27,30). The van der Waals surface area contributed by atoms with Crippen molar-refractivity contribution in [1.29, 1.82) is 0 Å². The summed E-state index contributed by atoms with van der Waals surface area (Å²) in [5, 5.41) is 6.95. The van der Waals surface area contributed by atoms with Crippen molar-refractivity contribution in [2.24, 2.45) is 0 Å². The average Bonchev–Trinajstić information content (AvgIpc) is 3.20. The number of anilines is 1. The number of carbonyl (C=O) groups is 1. The van der Waals surface area contributed by atoms with Crippen LogP contribution in [0.25, 0.3) is 10.9 Å². The van der Waals surface area contributed by atoms with Crippen molar-refractivity contribution in [1.82, 2.24) is 14.8 Å². The lowest BCUT2D eigenvalue weighted by Gasteiger charge is -2.26. The van der Waals surface area contributed by atoms with Gasteiger partial charge in [0.05, 0.1) is 19.3 Å². The van der Waals surface area contributed by atoms with E-state index in [1.165, 1.54) is 5.52 Å². The lowest BCUT2D eigenvalue weighted by atomic mass is 10.2. The first-order valence-corrected chi connectivity index (χ1v) is 11.3. The molecule has 2 amide bonds. The van der Waals surface area contributed by atoms with Crippen molar-refractivity contribution in [2.75, 3.05) is 38.2 Å². The first-order valence-electron chi connectivity index (χ1n) is 11.3. The number of urea groups is 1. The van der Waals surface area contributed by atoms with Crippen LogP contribution in [0.5, 0.6) is 5.75 Å². The maximum Gasteiger partial charge on any atom is 0.319 e. The van der Waals surface area contributed by atoms with E-state index in [0.717, 1.165) is 61.8 Å². The normalized spacial score (nSPS) is 14.6. The first-order chi connectivity index (χ1) is 15.6. The highest BCUT2D eigenvalue weighted by Crippen LogP contribution is 2.21. The molecule has 2 aromatic carbocycles. The minimum Gasteiger partial charge on any atom is -0.491 e. The molecule has 1 aromatic heterocycles. The minimum atomic E-state index is -0.224. The van der Waals surface area contributed by atoms with Crippen LogP contribution >= 0.6 is 0 Å². The van der Waals surface area contributed by atoms with Gasteiger partial charge in [-0.05, 0) is 55.8 Å². The van der Waals surface area contributed by atoms with Gasteiger partial charge in [-0.3, -0.25) is 4.90 Å². The van der Waals surface area contributed by atoms with E-state index in [9.17, 15) is 4.79 Å². The summed E-state index contributed by atoms with van der Waals surface area (Å²) in [6, 6.07) is 15.7. The number of rotatable bonds is 8. The molecule has 1 fully saturated rings. The fourth-order valence-electron chi connectivity index (χ4n) is 3.86. The highest BCUT2D eigenvalue weighted by atomic mass is 16.5. The molecule has 32 heavy (non-hydrogen) atoms. The fraction of sp³-hybridized carbons (Fsp3) is 0.400. The van der Waals surface area contributed by atoms with Gasteiger partial charge in [0.2, 0.25) is 0 Å². The van der Waals surface area contributed by atoms with Gasteiger partial charge in [-0.25, -0.2) is 4.79 Å². The Labute approximate surface area is 189 Å². The van der Waals surface area contributed by atoms with E-state index in [1.807, 2.05) is 50.2 Å². The zero-order chi connectivity index (χ0) is 22.3. The van der Waals surface area contributed by atoms with Crippen LogP contribution in [0.4, 0.5) is 10.5 Å². The molecule has 1 saturated heterocycles. The Bertz CT molecular complexity index is 1020. The summed E-state index contributed by atoms with van der Waals surface area (Å²) in [6.07, 6.45) is 2.26. The van der Waals surface area contributed by atoms with E-state index in [0.29, 0.717) is 6.54 Å². The number of nitrogens with zero attached hydrogens (tertiary/aromatic N) is 2. The molecule has 2 N–H and O–H groups in total. The van der Waals surface area contributed by atoms with Crippen LogP contribution in [0.3, 0.4) is 0 Å². The number of morpholine rings is 1. The van der Waals surface area contributed by atoms with E-state index >= 15 is 0 Å². The third-order valence-electron chi connectivity index (χ3n) is 5.54. The van der Waals surface area contributed by atoms with Crippen LogP contribution in [-0.4, -0.2) is 54.5 Å². The molecule has 0 radical (unpaired) electrons. The molecule has 0 aliphatic carbocycles. The largest absolute Gasteiger partial charge is 0.491 e. The number of hydrogen-bond acceptors (Lipinski definition) is 4. The van der Waals surface area contributed by atoms with Gasteiger partial charge in [0.15, 0.2) is 0 Å².